The third-order valence-corrected chi connectivity index (χ3v) is 4.83. The topological polar surface area (TPSA) is 17.1 Å². The van der Waals surface area contributed by atoms with Crippen molar-refractivity contribution in [1.29, 1.82) is 0 Å². The highest BCUT2D eigenvalue weighted by molar-refractivity contribution is 6.30. The van der Waals surface area contributed by atoms with Crippen molar-refractivity contribution >= 4 is 17.4 Å². The highest BCUT2D eigenvalue weighted by Gasteiger charge is 2.31. The summed E-state index contributed by atoms with van der Waals surface area (Å²) in [6.45, 7) is 0. The summed E-state index contributed by atoms with van der Waals surface area (Å²) in [7, 11) is 0. The van der Waals surface area contributed by atoms with E-state index in [1.807, 2.05) is 6.08 Å². The zero-order chi connectivity index (χ0) is 15.1. The summed E-state index contributed by atoms with van der Waals surface area (Å²) < 4.78 is 0. The van der Waals surface area contributed by atoms with Gasteiger partial charge < -0.3 is 0 Å². The van der Waals surface area contributed by atoms with E-state index in [9.17, 15) is 4.79 Å². The van der Waals surface area contributed by atoms with Crippen molar-refractivity contribution in [3.63, 3.8) is 0 Å². The molecule has 2 aliphatic carbocycles. The van der Waals surface area contributed by atoms with Gasteiger partial charge in [0.05, 0.1) is 0 Å². The van der Waals surface area contributed by atoms with Crippen LogP contribution < -0.4 is 0 Å². The fraction of sp³-hybridized carbons (Fsp3) is 0.150. The van der Waals surface area contributed by atoms with E-state index < -0.39 is 0 Å². The van der Waals surface area contributed by atoms with Gasteiger partial charge in [0.15, 0.2) is 5.78 Å². The molecule has 0 heterocycles. The van der Waals surface area contributed by atoms with E-state index >= 15 is 0 Å². The van der Waals surface area contributed by atoms with Crippen molar-refractivity contribution in [3.05, 3.63) is 94.0 Å². The molecule has 0 saturated heterocycles. The SMILES string of the molecule is O=C(C1=C[C@H]2Cc3ccccc3[C@H]2C=C1)c1ccc(Cl)cc1. The maximum atomic E-state index is 12.6. The predicted octanol–water partition coefficient (Wildman–Crippen LogP) is 4.98. The maximum absolute atomic E-state index is 12.6. The molecule has 0 aromatic heterocycles. The van der Waals surface area contributed by atoms with Crippen molar-refractivity contribution in [3.8, 4) is 0 Å². The number of halogens is 1. The van der Waals surface area contributed by atoms with Crippen LogP contribution in [0.2, 0.25) is 5.02 Å². The summed E-state index contributed by atoms with van der Waals surface area (Å²) in [4.78, 5) is 12.6. The summed E-state index contributed by atoms with van der Waals surface area (Å²) >= 11 is 5.89. The van der Waals surface area contributed by atoms with Crippen LogP contribution in [0.5, 0.6) is 0 Å². The van der Waals surface area contributed by atoms with Gasteiger partial charge in [-0.3, -0.25) is 4.79 Å². The standard InChI is InChI=1S/C20H15ClO/c21-17-8-5-13(6-9-17)20(22)15-7-10-19-16(12-15)11-14-3-1-2-4-18(14)19/h1-10,12,16,19H,11H2/t16-,19+/m1/s1. The first-order chi connectivity index (χ1) is 10.7. The van der Waals surface area contributed by atoms with Gasteiger partial charge in [0.25, 0.3) is 0 Å². The number of rotatable bonds is 2. The molecule has 22 heavy (non-hydrogen) atoms. The van der Waals surface area contributed by atoms with E-state index in [4.69, 9.17) is 11.6 Å². The molecule has 0 aliphatic heterocycles. The zero-order valence-electron chi connectivity index (χ0n) is 12.0. The molecule has 2 aliphatic rings. The fourth-order valence-corrected chi connectivity index (χ4v) is 3.60. The average molecular weight is 307 g/mol. The quantitative estimate of drug-likeness (QED) is 0.716. The number of hydrogen-bond acceptors (Lipinski definition) is 1. The number of fused-ring (bicyclic) bond motifs is 3. The van der Waals surface area contributed by atoms with Gasteiger partial charge in [0.2, 0.25) is 0 Å². The van der Waals surface area contributed by atoms with Crippen LogP contribution >= 0.6 is 11.6 Å². The molecule has 0 N–H and O–H groups in total. The molecular weight excluding hydrogens is 292 g/mol. The summed E-state index contributed by atoms with van der Waals surface area (Å²) in [5.74, 6) is 0.883. The first-order valence-corrected chi connectivity index (χ1v) is 7.88. The van der Waals surface area contributed by atoms with Crippen LogP contribution in [-0.4, -0.2) is 5.78 Å². The van der Waals surface area contributed by atoms with Crippen molar-refractivity contribution in [2.75, 3.05) is 0 Å². The molecule has 2 aromatic carbocycles. The van der Waals surface area contributed by atoms with Crippen LogP contribution in [0.1, 0.15) is 27.4 Å². The van der Waals surface area contributed by atoms with Crippen LogP contribution in [0.15, 0.2) is 72.3 Å². The second-order valence-electron chi connectivity index (χ2n) is 5.91. The Morgan fingerprint density at radius 1 is 1.05 bits per heavy atom. The molecule has 1 nitrogen and oxygen atoms in total. The molecule has 4 rings (SSSR count). The Labute approximate surface area is 134 Å². The van der Waals surface area contributed by atoms with Crippen molar-refractivity contribution < 1.29 is 4.79 Å². The number of carbonyl (C=O) groups is 1. The van der Waals surface area contributed by atoms with Gasteiger partial charge in [-0.05, 0) is 47.7 Å². The molecule has 0 fully saturated rings. The Bertz CT molecular complexity index is 799. The van der Waals surface area contributed by atoms with Gasteiger partial charge in [-0.15, -0.1) is 0 Å². The van der Waals surface area contributed by atoms with Crippen LogP contribution in [0.25, 0.3) is 0 Å². The molecule has 0 unspecified atom stereocenters. The Morgan fingerprint density at radius 3 is 2.64 bits per heavy atom. The summed E-state index contributed by atoms with van der Waals surface area (Å²) in [6.07, 6.45) is 7.31. The minimum absolute atomic E-state index is 0.0716. The molecule has 0 spiro atoms. The van der Waals surface area contributed by atoms with Crippen molar-refractivity contribution in [1.82, 2.24) is 0 Å². The molecule has 0 radical (unpaired) electrons. The van der Waals surface area contributed by atoms with Gasteiger partial charge in [-0.2, -0.15) is 0 Å². The van der Waals surface area contributed by atoms with Gasteiger partial charge in [0.1, 0.15) is 0 Å². The molecule has 2 heteroatoms. The Hall–Kier alpha value is -2.12. The van der Waals surface area contributed by atoms with E-state index in [0.29, 0.717) is 22.4 Å². The molecular formula is C20H15ClO. The third-order valence-electron chi connectivity index (χ3n) is 4.58. The first kappa shape index (κ1) is 13.5. The van der Waals surface area contributed by atoms with Crippen LogP contribution in [0.3, 0.4) is 0 Å². The lowest BCUT2D eigenvalue weighted by atomic mass is 9.84. The van der Waals surface area contributed by atoms with Gasteiger partial charge in [-0.25, -0.2) is 0 Å². The second-order valence-corrected chi connectivity index (χ2v) is 6.35. The highest BCUT2D eigenvalue weighted by Crippen LogP contribution is 2.42. The van der Waals surface area contributed by atoms with E-state index in [1.54, 1.807) is 24.3 Å². The summed E-state index contributed by atoms with van der Waals surface area (Å²) in [5.41, 5.74) is 4.28. The average Bonchev–Trinajstić information content (AvgIpc) is 2.92. The minimum Gasteiger partial charge on any atom is -0.289 e. The fourth-order valence-electron chi connectivity index (χ4n) is 3.48. The number of benzene rings is 2. The molecule has 2 atom stereocenters. The predicted molar refractivity (Wildman–Crippen MR) is 89.4 cm³/mol. The number of ketones is 1. The van der Waals surface area contributed by atoms with Crippen LogP contribution in [-0.2, 0) is 6.42 Å². The number of Topliss-reactive ketones (excluding diaryl/α,β-unsaturated/α-hetero) is 1. The third kappa shape index (κ3) is 2.22. The lowest BCUT2D eigenvalue weighted by molar-refractivity contribution is 0.103. The largest absolute Gasteiger partial charge is 0.289 e. The van der Waals surface area contributed by atoms with Gasteiger partial charge in [0, 0.05) is 22.1 Å². The maximum Gasteiger partial charge on any atom is 0.192 e. The first-order valence-electron chi connectivity index (χ1n) is 7.50. The lowest BCUT2D eigenvalue weighted by Crippen LogP contribution is -2.12. The smallest absolute Gasteiger partial charge is 0.192 e. The van der Waals surface area contributed by atoms with Crippen molar-refractivity contribution in [2.45, 2.75) is 12.3 Å². The minimum atomic E-state index is 0.0716. The van der Waals surface area contributed by atoms with E-state index in [2.05, 4.69) is 36.4 Å². The molecule has 2 aromatic rings. The lowest BCUT2D eigenvalue weighted by Gasteiger charge is -2.19. The van der Waals surface area contributed by atoms with Crippen LogP contribution in [0.4, 0.5) is 0 Å². The van der Waals surface area contributed by atoms with E-state index in [0.717, 1.165) is 12.0 Å². The Kier molecular flexibility index (Phi) is 3.24. The normalized spacial score (nSPS) is 22.0. The highest BCUT2D eigenvalue weighted by atomic mass is 35.5. The number of allylic oxidation sites excluding steroid dienone is 4. The van der Waals surface area contributed by atoms with E-state index in [-0.39, 0.29) is 5.78 Å². The van der Waals surface area contributed by atoms with Gasteiger partial charge in [-0.1, -0.05) is 54.1 Å². The number of hydrogen-bond donors (Lipinski definition) is 0. The Morgan fingerprint density at radius 2 is 1.82 bits per heavy atom. The van der Waals surface area contributed by atoms with Gasteiger partial charge >= 0.3 is 0 Å². The zero-order valence-corrected chi connectivity index (χ0v) is 12.8. The Balaban J connectivity index is 1.63. The monoisotopic (exact) mass is 306 g/mol. The summed E-state index contributed by atoms with van der Waals surface area (Å²) in [5, 5.41) is 0.649. The molecule has 108 valence electrons. The molecule has 0 bridgehead atoms. The molecule has 0 saturated carbocycles. The number of carbonyl (C=O) groups excluding carboxylic acids is 1. The van der Waals surface area contributed by atoms with Crippen molar-refractivity contribution in [2.24, 2.45) is 5.92 Å². The second kappa shape index (κ2) is 5.26. The summed E-state index contributed by atoms with van der Waals surface area (Å²) in [6, 6.07) is 15.7. The molecule has 0 amide bonds. The van der Waals surface area contributed by atoms with Crippen LogP contribution in [0, 0.1) is 5.92 Å². The van der Waals surface area contributed by atoms with E-state index in [1.165, 1.54) is 11.1 Å².